The number of hydrogen-bond donors (Lipinski definition) is 2. The first kappa shape index (κ1) is 21.5. The minimum atomic E-state index is -0.706. The Balaban J connectivity index is 1.59. The topological polar surface area (TPSA) is 115 Å². The van der Waals surface area contributed by atoms with Crippen LogP contribution in [0.4, 0.5) is 5.69 Å². The number of benzene rings is 1. The molecule has 4 rings (SSSR count). The van der Waals surface area contributed by atoms with Crippen LogP contribution in [-0.2, 0) is 11.2 Å². The molecule has 1 aliphatic carbocycles. The van der Waals surface area contributed by atoms with E-state index < -0.39 is 17.4 Å². The lowest BCUT2D eigenvalue weighted by molar-refractivity contribution is 0.0607. The van der Waals surface area contributed by atoms with Crippen LogP contribution in [0, 0.1) is 0 Å². The number of aromatic nitrogens is 1. The van der Waals surface area contributed by atoms with Gasteiger partial charge in [-0.3, -0.25) is 14.4 Å². The second-order valence-corrected chi connectivity index (χ2v) is 8.23. The highest BCUT2D eigenvalue weighted by Gasteiger charge is 2.29. The molecule has 1 unspecified atom stereocenters. The molecule has 1 aromatic carbocycles. The van der Waals surface area contributed by atoms with Gasteiger partial charge >= 0.3 is 5.97 Å². The van der Waals surface area contributed by atoms with Gasteiger partial charge in [0.25, 0.3) is 11.5 Å². The van der Waals surface area contributed by atoms with Crippen molar-refractivity contribution in [2.75, 3.05) is 19.5 Å². The zero-order valence-corrected chi connectivity index (χ0v) is 18.2. The molecule has 2 heterocycles. The zero-order chi connectivity index (χ0) is 22.8. The van der Waals surface area contributed by atoms with Gasteiger partial charge in [-0.1, -0.05) is 12.1 Å². The van der Waals surface area contributed by atoms with Gasteiger partial charge in [-0.2, -0.15) is 0 Å². The van der Waals surface area contributed by atoms with Gasteiger partial charge < -0.3 is 19.8 Å². The van der Waals surface area contributed by atoms with Crippen LogP contribution >= 0.6 is 11.3 Å². The van der Waals surface area contributed by atoms with Crippen molar-refractivity contribution >= 4 is 34.7 Å². The van der Waals surface area contributed by atoms with Crippen molar-refractivity contribution in [3.05, 3.63) is 79.4 Å². The molecule has 0 spiro atoms. The van der Waals surface area contributed by atoms with Crippen LogP contribution in [0.15, 0.2) is 46.6 Å². The first-order valence-electron chi connectivity index (χ1n) is 9.81. The molecular weight excluding hydrogens is 432 g/mol. The molecule has 2 N–H and O–H groups in total. The smallest absolute Gasteiger partial charge is 0.350 e. The summed E-state index contributed by atoms with van der Waals surface area (Å²) in [6, 6.07) is 10.4. The number of rotatable bonds is 5. The van der Waals surface area contributed by atoms with Crippen LogP contribution in [-0.4, -0.2) is 36.9 Å². The number of fused-ring (bicyclic) bond motifs is 1. The number of pyridine rings is 1. The third kappa shape index (κ3) is 4.06. The standard InChI is InChI=1S/C23H20N2O6S/c1-30-14-5-3-12(4-6-14)13-9-18-15(19(26)10-13)11-16(22(28)25-18)21(27)24-17-7-8-32-20(17)23(29)31-2/h3-8,11,13H,9-10H2,1-2H3,(H,24,27)(H,25,28). The summed E-state index contributed by atoms with van der Waals surface area (Å²) in [5, 5.41) is 4.18. The molecule has 8 nitrogen and oxygen atoms in total. The summed E-state index contributed by atoms with van der Waals surface area (Å²) >= 11 is 1.11. The van der Waals surface area contributed by atoms with Crippen LogP contribution in [0.2, 0.25) is 0 Å². The van der Waals surface area contributed by atoms with E-state index in [9.17, 15) is 19.2 Å². The lowest BCUT2D eigenvalue weighted by atomic mass is 9.81. The predicted molar refractivity (Wildman–Crippen MR) is 119 cm³/mol. The fraction of sp³-hybridized carbons (Fsp3) is 0.217. The van der Waals surface area contributed by atoms with Crippen LogP contribution in [0.5, 0.6) is 5.75 Å². The second kappa shape index (κ2) is 8.80. The number of ether oxygens (including phenoxy) is 2. The molecular formula is C23H20N2O6S. The van der Waals surface area contributed by atoms with Crippen LogP contribution < -0.4 is 15.6 Å². The van der Waals surface area contributed by atoms with E-state index in [0.717, 1.165) is 22.6 Å². The molecule has 0 radical (unpaired) electrons. The number of esters is 1. The minimum Gasteiger partial charge on any atom is -0.497 e. The fourth-order valence-electron chi connectivity index (χ4n) is 3.76. The first-order valence-corrected chi connectivity index (χ1v) is 10.7. The highest BCUT2D eigenvalue weighted by Crippen LogP contribution is 2.32. The minimum absolute atomic E-state index is 0.0790. The molecule has 2 aromatic heterocycles. The second-order valence-electron chi connectivity index (χ2n) is 7.31. The maximum Gasteiger partial charge on any atom is 0.350 e. The number of carbonyl (C=O) groups excluding carboxylic acids is 3. The van der Waals surface area contributed by atoms with Crippen molar-refractivity contribution in [1.29, 1.82) is 0 Å². The molecule has 164 valence electrons. The van der Waals surface area contributed by atoms with E-state index in [2.05, 4.69) is 10.3 Å². The summed E-state index contributed by atoms with van der Waals surface area (Å²) in [5.41, 5.74) is 1.27. The summed E-state index contributed by atoms with van der Waals surface area (Å²) in [6.07, 6.45) is 0.741. The molecule has 1 aliphatic rings. The monoisotopic (exact) mass is 452 g/mol. The average molecular weight is 452 g/mol. The fourth-order valence-corrected chi connectivity index (χ4v) is 4.53. The molecule has 32 heavy (non-hydrogen) atoms. The molecule has 3 aromatic rings. The number of hydrogen-bond acceptors (Lipinski definition) is 7. The summed E-state index contributed by atoms with van der Waals surface area (Å²) < 4.78 is 9.87. The van der Waals surface area contributed by atoms with E-state index in [0.29, 0.717) is 17.7 Å². The molecule has 1 amide bonds. The molecule has 9 heteroatoms. The zero-order valence-electron chi connectivity index (χ0n) is 17.4. The normalized spacial score (nSPS) is 15.1. The third-order valence-corrected chi connectivity index (χ3v) is 6.32. The van der Waals surface area contributed by atoms with Gasteiger partial charge in [0.1, 0.15) is 16.2 Å². The Labute approximate surface area is 187 Å². The molecule has 0 fully saturated rings. The SMILES string of the molecule is COC(=O)c1sccc1NC(=O)c1cc2c([nH]c1=O)CC(c1ccc(OC)cc1)CC2=O. The Bertz CT molecular complexity index is 1260. The number of aromatic amines is 1. The number of amides is 1. The molecule has 0 saturated carbocycles. The van der Waals surface area contributed by atoms with Gasteiger partial charge in [0.15, 0.2) is 5.78 Å². The molecule has 0 bridgehead atoms. The summed E-state index contributed by atoms with van der Waals surface area (Å²) in [5.74, 6) is -0.800. The van der Waals surface area contributed by atoms with E-state index in [4.69, 9.17) is 9.47 Å². The quantitative estimate of drug-likeness (QED) is 0.574. The highest BCUT2D eigenvalue weighted by atomic mass is 32.1. The summed E-state index contributed by atoms with van der Waals surface area (Å²) in [4.78, 5) is 52.9. The number of carbonyl (C=O) groups is 3. The summed E-state index contributed by atoms with van der Waals surface area (Å²) in [6.45, 7) is 0. The summed E-state index contributed by atoms with van der Waals surface area (Å²) in [7, 11) is 2.83. The van der Waals surface area contributed by atoms with Crippen molar-refractivity contribution in [3.8, 4) is 5.75 Å². The van der Waals surface area contributed by atoms with Gasteiger partial charge in [-0.05, 0) is 47.5 Å². The number of anilines is 1. The number of methoxy groups -OCH3 is 2. The van der Waals surface area contributed by atoms with Gasteiger partial charge in [-0.15, -0.1) is 11.3 Å². The van der Waals surface area contributed by atoms with Crippen molar-refractivity contribution in [3.63, 3.8) is 0 Å². The average Bonchev–Trinajstić information content (AvgIpc) is 3.26. The Kier molecular flexibility index (Phi) is 5.91. The van der Waals surface area contributed by atoms with E-state index in [1.165, 1.54) is 13.2 Å². The first-order chi connectivity index (χ1) is 15.4. The number of H-pyrrole nitrogens is 1. The van der Waals surface area contributed by atoms with Crippen molar-refractivity contribution < 1.29 is 23.9 Å². The molecule has 0 saturated heterocycles. The Hall–Kier alpha value is -3.72. The van der Waals surface area contributed by atoms with E-state index >= 15 is 0 Å². The molecule has 0 aliphatic heterocycles. The largest absolute Gasteiger partial charge is 0.497 e. The lowest BCUT2D eigenvalue weighted by Crippen LogP contribution is -2.29. The van der Waals surface area contributed by atoms with Crippen molar-refractivity contribution in [2.24, 2.45) is 0 Å². The van der Waals surface area contributed by atoms with E-state index in [1.807, 2.05) is 24.3 Å². The number of Topliss-reactive ketones (excluding diaryl/α,β-unsaturated/α-hetero) is 1. The van der Waals surface area contributed by atoms with Gasteiger partial charge in [0.05, 0.1) is 19.9 Å². The number of thiophene rings is 1. The molecule has 1 atom stereocenters. The maximum absolute atomic E-state index is 12.8. The van der Waals surface area contributed by atoms with Crippen LogP contribution in [0.3, 0.4) is 0 Å². The number of nitrogens with one attached hydrogen (secondary N) is 2. The Morgan fingerprint density at radius 2 is 1.84 bits per heavy atom. The van der Waals surface area contributed by atoms with Gasteiger partial charge in [0.2, 0.25) is 0 Å². The predicted octanol–water partition coefficient (Wildman–Crippen LogP) is 3.40. The highest BCUT2D eigenvalue weighted by molar-refractivity contribution is 7.12. The van der Waals surface area contributed by atoms with Crippen molar-refractivity contribution in [2.45, 2.75) is 18.8 Å². The van der Waals surface area contributed by atoms with Gasteiger partial charge in [0, 0.05) is 17.7 Å². The lowest BCUT2D eigenvalue weighted by Gasteiger charge is -2.24. The van der Waals surface area contributed by atoms with E-state index in [1.54, 1.807) is 18.6 Å². The Morgan fingerprint density at radius 3 is 2.53 bits per heavy atom. The van der Waals surface area contributed by atoms with Crippen LogP contribution in [0.25, 0.3) is 0 Å². The number of ketones is 1. The maximum atomic E-state index is 12.8. The van der Waals surface area contributed by atoms with Gasteiger partial charge in [-0.25, -0.2) is 4.79 Å². The third-order valence-electron chi connectivity index (χ3n) is 5.42. The van der Waals surface area contributed by atoms with Crippen molar-refractivity contribution in [1.82, 2.24) is 4.98 Å². The van der Waals surface area contributed by atoms with Crippen LogP contribution in [0.1, 0.15) is 54.0 Å². The Morgan fingerprint density at radius 1 is 1.09 bits per heavy atom. The van der Waals surface area contributed by atoms with E-state index in [-0.39, 0.29) is 34.2 Å².